The summed E-state index contributed by atoms with van der Waals surface area (Å²) in [5, 5.41) is 0. The van der Waals surface area contributed by atoms with Crippen molar-refractivity contribution in [1.29, 1.82) is 0 Å². The third kappa shape index (κ3) is 2.33. The lowest BCUT2D eigenvalue weighted by Gasteiger charge is -1.89. The van der Waals surface area contributed by atoms with E-state index in [4.69, 9.17) is 5.73 Å². The van der Waals surface area contributed by atoms with Crippen LogP contribution in [-0.4, -0.2) is 4.98 Å². The minimum atomic E-state index is 0. The number of pyridine rings is 1. The molecule has 1 aromatic heterocycles. The van der Waals surface area contributed by atoms with E-state index in [0.29, 0.717) is 0 Å². The van der Waals surface area contributed by atoms with E-state index in [9.17, 15) is 0 Å². The monoisotopic (exact) mass is 144 g/mol. The van der Waals surface area contributed by atoms with Crippen LogP contribution >= 0.6 is 12.4 Å². The highest BCUT2D eigenvalue weighted by molar-refractivity contribution is 5.85. The molecule has 0 aliphatic heterocycles. The van der Waals surface area contributed by atoms with Gasteiger partial charge < -0.3 is 5.73 Å². The Morgan fingerprint density at radius 2 is 2.11 bits per heavy atom. The van der Waals surface area contributed by atoms with Crippen molar-refractivity contribution in [2.45, 2.75) is 6.92 Å². The number of anilines is 1. The fraction of sp³-hybridized carbons (Fsp3) is 0.167. The Morgan fingerprint density at radius 1 is 1.44 bits per heavy atom. The normalized spacial score (nSPS) is 8.11. The molecule has 0 unspecified atom stereocenters. The molecule has 0 spiro atoms. The molecule has 1 heterocycles. The van der Waals surface area contributed by atoms with Gasteiger partial charge in [-0.1, -0.05) is 0 Å². The van der Waals surface area contributed by atoms with Gasteiger partial charge in [0, 0.05) is 5.69 Å². The number of nitrogen functional groups attached to an aromatic ring is 1. The maximum absolute atomic E-state index is 5.36. The molecule has 0 saturated carbocycles. The van der Waals surface area contributed by atoms with E-state index in [0.717, 1.165) is 11.4 Å². The molecule has 50 valence electrons. The van der Waals surface area contributed by atoms with Crippen molar-refractivity contribution >= 4 is 18.1 Å². The highest BCUT2D eigenvalue weighted by Crippen LogP contribution is 1.97. The number of aryl methyl sites for hydroxylation is 1. The van der Waals surface area contributed by atoms with Crippen LogP contribution in [0.15, 0.2) is 18.3 Å². The van der Waals surface area contributed by atoms with Gasteiger partial charge in [-0.3, -0.25) is 4.98 Å². The van der Waals surface area contributed by atoms with E-state index in [1.807, 2.05) is 19.1 Å². The van der Waals surface area contributed by atoms with Gasteiger partial charge in [0.15, 0.2) is 0 Å². The van der Waals surface area contributed by atoms with Crippen LogP contribution in [0.2, 0.25) is 0 Å². The first-order valence-corrected chi connectivity index (χ1v) is 2.47. The quantitative estimate of drug-likeness (QED) is 0.598. The number of hydrogen-bond acceptors (Lipinski definition) is 2. The maximum Gasteiger partial charge on any atom is 0.0500 e. The molecule has 0 fully saturated rings. The molecule has 1 rings (SSSR count). The fourth-order valence-electron chi connectivity index (χ4n) is 0.479. The number of halogens is 1. The predicted molar refractivity (Wildman–Crippen MR) is 40.6 cm³/mol. The molecule has 0 atom stereocenters. The molecule has 0 amide bonds. The standard InChI is InChI=1S/C6H8N2.ClH/c1-5-2-3-6(7)4-8-5;/h2-4H,7H2,1H3;1H. The minimum absolute atomic E-state index is 0. The summed E-state index contributed by atoms with van der Waals surface area (Å²) in [4.78, 5) is 3.95. The summed E-state index contributed by atoms with van der Waals surface area (Å²) < 4.78 is 0. The molecule has 0 bridgehead atoms. The number of rotatable bonds is 0. The Labute approximate surface area is 60.5 Å². The molecule has 0 aliphatic carbocycles. The number of nitrogens with two attached hydrogens (primary N) is 1. The van der Waals surface area contributed by atoms with Gasteiger partial charge in [-0.2, -0.15) is 0 Å². The highest BCUT2D eigenvalue weighted by atomic mass is 35.5. The van der Waals surface area contributed by atoms with Crippen LogP contribution in [0.5, 0.6) is 0 Å². The zero-order valence-electron chi connectivity index (χ0n) is 5.16. The average molecular weight is 145 g/mol. The molecule has 2 N–H and O–H groups in total. The molecule has 0 radical (unpaired) electrons. The van der Waals surface area contributed by atoms with Crippen molar-refractivity contribution < 1.29 is 0 Å². The van der Waals surface area contributed by atoms with Crippen molar-refractivity contribution in [3.63, 3.8) is 0 Å². The zero-order valence-corrected chi connectivity index (χ0v) is 5.98. The third-order valence-corrected chi connectivity index (χ3v) is 0.934. The Kier molecular flexibility index (Phi) is 3.02. The van der Waals surface area contributed by atoms with E-state index in [1.54, 1.807) is 6.20 Å². The maximum atomic E-state index is 5.36. The van der Waals surface area contributed by atoms with Crippen molar-refractivity contribution in [3.8, 4) is 0 Å². The second-order valence-corrected chi connectivity index (χ2v) is 1.73. The molecule has 2 nitrogen and oxygen atoms in total. The lowest BCUT2D eigenvalue weighted by Crippen LogP contribution is -1.85. The Morgan fingerprint density at radius 3 is 2.44 bits per heavy atom. The largest absolute Gasteiger partial charge is 0.397 e. The summed E-state index contributed by atoms with van der Waals surface area (Å²) in [6.07, 6.45) is 1.65. The third-order valence-electron chi connectivity index (χ3n) is 0.934. The van der Waals surface area contributed by atoms with Crippen LogP contribution in [0, 0.1) is 6.92 Å². The van der Waals surface area contributed by atoms with E-state index in [1.165, 1.54) is 0 Å². The summed E-state index contributed by atoms with van der Waals surface area (Å²) in [6, 6.07) is 3.72. The van der Waals surface area contributed by atoms with E-state index in [2.05, 4.69) is 4.98 Å². The lowest BCUT2D eigenvalue weighted by molar-refractivity contribution is 1.20. The highest BCUT2D eigenvalue weighted by Gasteiger charge is 1.81. The molecule has 9 heavy (non-hydrogen) atoms. The number of nitrogens with zero attached hydrogens (tertiary/aromatic N) is 1. The number of aromatic nitrogens is 1. The van der Waals surface area contributed by atoms with Crippen molar-refractivity contribution in [2.75, 3.05) is 5.73 Å². The number of hydrogen-bond donors (Lipinski definition) is 1. The summed E-state index contributed by atoms with van der Waals surface area (Å²) in [5.41, 5.74) is 7.08. The summed E-state index contributed by atoms with van der Waals surface area (Å²) in [7, 11) is 0. The first kappa shape index (κ1) is 8.24. The lowest BCUT2D eigenvalue weighted by atomic mass is 10.4. The summed E-state index contributed by atoms with van der Waals surface area (Å²) in [6.45, 7) is 1.93. The van der Waals surface area contributed by atoms with Crippen molar-refractivity contribution in [1.82, 2.24) is 4.98 Å². The summed E-state index contributed by atoms with van der Waals surface area (Å²) >= 11 is 0. The topological polar surface area (TPSA) is 38.9 Å². The van der Waals surface area contributed by atoms with Crippen LogP contribution in [0.1, 0.15) is 5.69 Å². The Bertz CT molecular complexity index is 150. The average Bonchev–Trinajstić information content (AvgIpc) is 1.77. The molecule has 0 saturated heterocycles. The van der Waals surface area contributed by atoms with Crippen molar-refractivity contribution in [2.24, 2.45) is 0 Å². The van der Waals surface area contributed by atoms with Gasteiger partial charge in [0.2, 0.25) is 0 Å². The van der Waals surface area contributed by atoms with Gasteiger partial charge >= 0.3 is 0 Å². The smallest absolute Gasteiger partial charge is 0.0500 e. The van der Waals surface area contributed by atoms with Crippen LogP contribution < -0.4 is 5.73 Å². The van der Waals surface area contributed by atoms with Crippen LogP contribution in [0.25, 0.3) is 0 Å². The van der Waals surface area contributed by atoms with Crippen molar-refractivity contribution in [3.05, 3.63) is 24.0 Å². The SMILES string of the molecule is Cc1ccc(N)cn1.Cl. The van der Waals surface area contributed by atoms with Gasteiger partial charge in [-0.05, 0) is 19.1 Å². The van der Waals surface area contributed by atoms with E-state index >= 15 is 0 Å². The molecular weight excluding hydrogens is 136 g/mol. The minimum Gasteiger partial charge on any atom is -0.397 e. The van der Waals surface area contributed by atoms with E-state index in [-0.39, 0.29) is 12.4 Å². The molecule has 3 heteroatoms. The van der Waals surface area contributed by atoms with Gasteiger partial charge in [-0.25, -0.2) is 0 Å². The van der Waals surface area contributed by atoms with Crippen LogP contribution in [-0.2, 0) is 0 Å². The van der Waals surface area contributed by atoms with Crippen LogP contribution in [0.3, 0.4) is 0 Å². The van der Waals surface area contributed by atoms with Gasteiger partial charge in [0.1, 0.15) is 0 Å². The van der Waals surface area contributed by atoms with Crippen LogP contribution in [0.4, 0.5) is 5.69 Å². The second kappa shape index (κ2) is 3.30. The first-order chi connectivity index (χ1) is 3.79. The van der Waals surface area contributed by atoms with Gasteiger partial charge in [0.25, 0.3) is 0 Å². The first-order valence-electron chi connectivity index (χ1n) is 2.47. The molecular formula is C6H9ClN2. The van der Waals surface area contributed by atoms with Gasteiger partial charge in [-0.15, -0.1) is 12.4 Å². The Balaban J connectivity index is 0.000000640. The molecule has 0 aromatic carbocycles. The second-order valence-electron chi connectivity index (χ2n) is 1.73. The summed E-state index contributed by atoms with van der Waals surface area (Å²) in [5.74, 6) is 0. The zero-order chi connectivity index (χ0) is 5.98. The molecule has 1 aromatic rings. The molecule has 0 aliphatic rings. The van der Waals surface area contributed by atoms with Gasteiger partial charge in [0.05, 0.1) is 11.9 Å². The Hall–Kier alpha value is -0.760. The van der Waals surface area contributed by atoms with E-state index < -0.39 is 0 Å². The fourth-order valence-corrected chi connectivity index (χ4v) is 0.479. The predicted octanol–water partition coefficient (Wildman–Crippen LogP) is 1.39.